The van der Waals surface area contributed by atoms with E-state index < -0.39 is 6.10 Å². The van der Waals surface area contributed by atoms with E-state index in [1.54, 1.807) is 12.1 Å². The van der Waals surface area contributed by atoms with Crippen LogP contribution < -0.4 is 10.1 Å². The fraction of sp³-hybridized carbons (Fsp3) is 0.381. The van der Waals surface area contributed by atoms with Crippen molar-refractivity contribution in [2.24, 2.45) is 0 Å². The van der Waals surface area contributed by atoms with Gasteiger partial charge < -0.3 is 10.1 Å². The van der Waals surface area contributed by atoms with Gasteiger partial charge in [0.05, 0.1) is 11.1 Å². The molecule has 2 aromatic carbocycles. The summed E-state index contributed by atoms with van der Waals surface area (Å²) in [6, 6.07) is 13.5. The summed E-state index contributed by atoms with van der Waals surface area (Å²) < 4.78 is 5.84. The van der Waals surface area contributed by atoms with Crippen molar-refractivity contribution in [3.05, 3.63) is 64.2 Å². The third-order valence-electron chi connectivity index (χ3n) is 4.43. The van der Waals surface area contributed by atoms with Crippen LogP contribution >= 0.6 is 11.6 Å². The Labute approximate surface area is 155 Å². The average Bonchev–Trinajstić information content (AvgIpc) is 2.61. The first-order valence-corrected chi connectivity index (χ1v) is 9.12. The lowest BCUT2D eigenvalue weighted by Crippen LogP contribution is -2.40. The van der Waals surface area contributed by atoms with Gasteiger partial charge in [-0.2, -0.15) is 0 Å². The number of ether oxygens (including phenoxy) is 1. The average molecular weight is 360 g/mol. The minimum atomic E-state index is -0.569. The topological polar surface area (TPSA) is 38.3 Å². The lowest BCUT2D eigenvalue weighted by molar-refractivity contribution is -0.128. The maximum atomic E-state index is 12.7. The molecule has 134 valence electrons. The smallest absolute Gasteiger partial charge is 0.261 e. The number of halogens is 1. The molecule has 0 saturated carbocycles. The molecule has 0 radical (unpaired) electrons. The van der Waals surface area contributed by atoms with Crippen molar-refractivity contribution in [2.75, 3.05) is 0 Å². The molecule has 0 aliphatic carbocycles. The third-order valence-corrected chi connectivity index (χ3v) is 4.74. The number of carbonyl (C=O) groups excluding carboxylic acids is 1. The monoisotopic (exact) mass is 359 g/mol. The molecule has 25 heavy (non-hydrogen) atoms. The fourth-order valence-electron chi connectivity index (χ4n) is 2.68. The van der Waals surface area contributed by atoms with Crippen LogP contribution in [0.25, 0.3) is 0 Å². The van der Waals surface area contributed by atoms with Crippen LogP contribution in [0.3, 0.4) is 0 Å². The summed E-state index contributed by atoms with van der Waals surface area (Å²) >= 11 is 6.13. The molecule has 2 atom stereocenters. The first-order chi connectivity index (χ1) is 12.0. The van der Waals surface area contributed by atoms with Gasteiger partial charge in [0.15, 0.2) is 6.10 Å². The second-order valence-corrected chi connectivity index (χ2v) is 6.67. The quantitative estimate of drug-likeness (QED) is 0.720. The van der Waals surface area contributed by atoms with Crippen LogP contribution in [-0.2, 0) is 4.79 Å². The molecule has 0 aliphatic rings. The van der Waals surface area contributed by atoms with Crippen molar-refractivity contribution in [2.45, 2.75) is 52.7 Å². The number of para-hydroxylation sites is 1. The van der Waals surface area contributed by atoms with Gasteiger partial charge in [-0.15, -0.1) is 0 Å². The van der Waals surface area contributed by atoms with Gasteiger partial charge in [0.2, 0.25) is 0 Å². The molecule has 1 N–H and O–H groups in total. The Bertz CT molecular complexity index is 730. The van der Waals surface area contributed by atoms with Crippen molar-refractivity contribution in [1.82, 2.24) is 5.32 Å². The normalized spacial score (nSPS) is 13.2. The highest BCUT2D eigenvalue weighted by Gasteiger charge is 2.22. The Balaban J connectivity index is 2.11. The molecule has 2 unspecified atom stereocenters. The summed E-state index contributed by atoms with van der Waals surface area (Å²) in [4.78, 5) is 12.7. The molecule has 4 heteroatoms. The van der Waals surface area contributed by atoms with E-state index in [1.165, 1.54) is 11.1 Å². The number of carbonyl (C=O) groups is 1. The van der Waals surface area contributed by atoms with Crippen LogP contribution in [0.4, 0.5) is 0 Å². The van der Waals surface area contributed by atoms with Gasteiger partial charge in [-0.1, -0.05) is 55.8 Å². The van der Waals surface area contributed by atoms with Gasteiger partial charge >= 0.3 is 0 Å². The minimum Gasteiger partial charge on any atom is -0.479 e. The number of amides is 1. The lowest BCUT2D eigenvalue weighted by Gasteiger charge is -2.23. The Morgan fingerprint density at radius 1 is 1.08 bits per heavy atom. The van der Waals surface area contributed by atoms with Crippen LogP contribution in [0.5, 0.6) is 5.75 Å². The molecule has 2 aromatic rings. The van der Waals surface area contributed by atoms with Crippen LogP contribution in [-0.4, -0.2) is 12.0 Å². The van der Waals surface area contributed by atoms with Gasteiger partial charge in [0.1, 0.15) is 5.75 Å². The summed E-state index contributed by atoms with van der Waals surface area (Å²) in [6.45, 7) is 8.17. The number of nitrogens with one attached hydrogen (secondary N) is 1. The standard InChI is InChI=1S/C21H26ClNO2/c1-5-18(16-12-11-14(3)15(4)13-16)23-21(24)19(6-2)25-20-10-8-7-9-17(20)22/h7-13,18-19H,5-6H2,1-4H3,(H,23,24). The predicted molar refractivity (Wildman–Crippen MR) is 103 cm³/mol. The molecule has 3 nitrogen and oxygen atoms in total. The Kier molecular flexibility index (Phi) is 6.89. The molecule has 0 saturated heterocycles. The van der Waals surface area contributed by atoms with Crippen LogP contribution in [0.1, 0.15) is 49.4 Å². The molecule has 0 bridgehead atoms. The number of hydrogen-bond acceptors (Lipinski definition) is 2. The van der Waals surface area contributed by atoms with Gasteiger partial charge in [-0.05, 0) is 55.5 Å². The van der Waals surface area contributed by atoms with Gasteiger partial charge in [-0.25, -0.2) is 0 Å². The summed E-state index contributed by atoms with van der Waals surface area (Å²) in [5, 5.41) is 3.62. The maximum Gasteiger partial charge on any atom is 0.261 e. The molecule has 0 aliphatic heterocycles. The highest BCUT2D eigenvalue weighted by molar-refractivity contribution is 6.32. The Morgan fingerprint density at radius 3 is 2.40 bits per heavy atom. The molecular formula is C21H26ClNO2. The van der Waals surface area contributed by atoms with Crippen molar-refractivity contribution < 1.29 is 9.53 Å². The SMILES string of the molecule is CCC(Oc1ccccc1Cl)C(=O)NC(CC)c1ccc(C)c(C)c1. The predicted octanol–water partition coefficient (Wildman–Crippen LogP) is 5.38. The van der Waals surface area contributed by atoms with Crippen molar-refractivity contribution in [3.63, 3.8) is 0 Å². The molecule has 1 amide bonds. The Hall–Kier alpha value is -2.00. The van der Waals surface area contributed by atoms with Gasteiger partial charge in [0, 0.05) is 0 Å². The molecule has 0 aromatic heterocycles. The first-order valence-electron chi connectivity index (χ1n) is 8.75. The number of benzene rings is 2. The van der Waals surface area contributed by atoms with Crippen molar-refractivity contribution in [1.29, 1.82) is 0 Å². The summed E-state index contributed by atoms with van der Waals surface area (Å²) in [7, 11) is 0. The lowest BCUT2D eigenvalue weighted by atomic mass is 9.99. The van der Waals surface area contributed by atoms with E-state index in [2.05, 4.69) is 44.3 Å². The van der Waals surface area contributed by atoms with Crippen LogP contribution in [0.2, 0.25) is 5.02 Å². The summed E-state index contributed by atoms with van der Waals surface area (Å²) in [5.41, 5.74) is 3.59. The molecule has 0 spiro atoms. The van der Waals surface area contributed by atoms with Gasteiger partial charge in [-0.3, -0.25) is 4.79 Å². The van der Waals surface area contributed by atoms with E-state index in [0.29, 0.717) is 17.2 Å². The van der Waals surface area contributed by atoms with Gasteiger partial charge in [0.25, 0.3) is 5.91 Å². The second-order valence-electron chi connectivity index (χ2n) is 6.26. The summed E-state index contributed by atoms with van der Waals surface area (Å²) in [5.74, 6) is 0.415. The van der Waals surface area contributed by atoms with E-state index in [1.807, 2.05) is 19.1 Å². The number of aryl methyl sites for hydroxylation is 2. The number of hydrogen-bond donors (Lipinski definition) is 1. The van der Waals surface area contributed by atoms with E-state index in [0.717, 1.165) is 12.0 Å². The first kappa shape index (κ1) is 19.3. The molecule has 2 rings (SSSR count). The zero-order valence-corrected chi connectivity index (χ0v) is 16.1. The zero-order valence-electron chi connectivity index (χ0n) is 15.3. The number of rotatable bonds is 7. The van der Waals surface area contributed by atoms with E-state index in [-0.39, 0.29) is 11.9 Å². The fourth-order valence-corrected chi connectivity index (χ4v) is 2.86. The van der Waals surface area contributed by atoms with Crippen molar-refractivity contribution in [3.8, 4) is 5.75 Å². The van der Waals surface area contributed by atoms with Crippen LogP contribution in [0.15, 0.2) is 42.5 Å². The molecule has 0 heterocycles. The maximum absolute atomic E-state index is 12.7. The summed E-state index contributed by atoms with van der Waals surface area (Å²) in [6.07, 6.45) is 0.817. The Morgan fingerprint density at radius 2 is 1.80 bits per heavy atom. The third kappa shape index (κ3) is 4.99. The largest absolute Gasteiger partial charge is 0.479 e. The van der Waals surface area contributed by atoms with E-state index in [4.69, 9.17) is 16.3 Å². The molecule has 0 fully saturated rings. The minimum absolute atomic E-state index is 0.0318. The van der Waals surface area contributed by atoms with E-state index >= 15 is 0 Å². The molecular weight excluding hydrogens is 334 g/mol. The highest BCUT2D eigenvalue weighted by Crippen LogP contribution is 2.25. The van der Waals surface area contributed by atoms with E-state index in [9.17, 15) is 4.79 Å². The van der Waals surface area contributed by atoms with Crippen LogP contribution in [0, 0.1) is 13.8 Å². The van der Waals surface area contributed by atoms with Crippen molar-refractivity contribution >= 4 is 17.5 Å². The zero-order chi connectivity index (χ0) is 18.4. The second kappa shape index (κ2) is 8.91. The highest BCUT2D eigenvalue weighted by atomic mass is 35.5.